The van der Waals surface area contributed by atoms with Gasteiger partial charge in [0.2, 0.25) is 11.2 Å². The Bertz CT molecular complexity index is 371. The van der Waals surface area contributed by atoms with Gasteiger partial charge in [0.05, 0.1) is 11.9 Å². The van der Waals surface area contributed by atoms with Crippen LogP contribution in [0.1, 0.15) is 5.56 Å². The lowest BCUT2D eigenvalue weighted by atomic mass is 10.2. The molecule has 1 aromatic rings. The zero-order chi connectivity index (χ0) is 10.4. The minimum Gasteiger partial charge on any atom is -0.285 e. The van der Waals surface area contributed by atoms with Gasteiger partial charge in [0.25, 0.3) is 0 Å². The zero-order valence-electron chi connectivity index (χ0n) is 7.07. The number of carbonyl (C=O) groups is 1. The first-order valence-corrected chi connectivity index (χ1v) is 4.51. The van der Waals surface area contributed by atoms with Gasteiger partial charge in [-0.25, -0.2) is 9.18 Å². The second kappa shape index (κ2) is 5.32. The van der Waals surface area contributed by atoms with Crippen molar-refractivity contribution < 1.29 is 14.0 Å². The van der Waals surface area contributed by atoms with Crippen LogP contribution in [0.4, 0.5) is 4.39 Å². The summed E-state index contributed by atoms with van der Waals surface area (Å²) in [7, 11) is 0. The summed E-state index contributed by atoms with van der Waals surface area (Å²) < 4.78 is 15.5. The monoisotopic (exact) mass is 211 g/mol. The zero-order valence-corrected chi connectivity index (χ0v) is 7.88. The molecule has 0 heterocycles. The molecule has 5 heteroatoms. The topological polar surface area (TPSA) is 46.5 Å². The second-order valence-electron chi connectivity index (χ2n) is 2.45. The molecular formula is C9H6FNO2S. The molecule has 72 valence electrons. The van der Waals surface area contributed by atoms with Crippen molar-refractivity contribution in [2.45, 2.75) is 6.42 Å². The first-order valence-electron chi connectivity index (χ1n) is 3.74. The van der Waals surface area contributed by atoms with E-state index in [0.717, 1.165) is 0 Å². The van der Waals surface area contributed by atoms with Crippen molar-refractivity contribution >= 4 is 23.1 Å². The molecule has 1 rings (SSSR count). The normalized spacial score (nSPS) is 9.21. The van der Waals surface area contributed by atoms with Crippen molar-refractivity contribution in [2.75, 3.05) is 0 Å². The van der Waals surface area contributed by atoms with Gasteiger partial charge in [0, 0.05) is 6.42 Å². The highest BCUT2D eigenvalue weighted by molar-refractivity contribution is 8.12. The van der Waals surface area contributed by atoms with Crippen LogP contribution in [0.5, 0.6) is 0 Å². The van der Waals surface area contributed by atoms with Gasteiger partial charge in [-0.15, -0.1) is 4.40 Å². The van der Waals surface area contributed by atoms with Gasteiger partial charge in [-0.1, -0.05) is 12.1 Å². The van der Waals surface area contributed by atoms with Crippen LogP contribution in [0.15, 0.2) is 28.7 Å². The lowest BCUT2D eigenvalue weighted by Crippen LogP contribution is -1.95. The fourth-order valence-corrected chi connectivity index (χ4v) is 1.24. The van der Waals surface area contributed by atoms with Crippen molar-refractivity contribution in [3.63, 3.8) is 0 Å². The molecule has 0 aliphatic heterocycles. The maximum absolute atomic E-state index is 12.5. The molecule has 0 aliphatic rings. The van der Waals surface area contributed by atoms with E-state index in [9.17, 15) is 14.0 Å². The molecule has 0 radical (unpaired) electrons. The minimum absolute atomic E-state index is 0.121. The molecule has 0 saturated carbocycles. The van der Waals surface area contributed by atoms with E-state index in [4.69, 9.17) is 0 Å². The number of rotatable bonds is 3. The number of hydrogen-bond donors (Lipinski definition) is 0. The van der Waals surface area contributed by atoms with Gasteiger partial charge < -0.3 is 0 Å². The van der Waals surface area contributed by atoms with Crippen LogP contribution in [0, 0.1) is 5.82 Å². The number of isocyanates is 1. The SMILES string of the molecule is O=C=NSC(=O)Cc1ccc(F)cc1. The number of benzene rings is 1. The highest BCUT2D eigenvalue weighted by atomic mass is 32.2. The van der Waals surface area contributed by atoms with Crippen LogP contribution in [0.2, 0.25) is 0 Å². The minimum atomic E-state index is -0.347. The van der Waals surface area contributed by atoms with Crippen LogP contribution < -0.4 is 0 Å². The predicted octanol–water partition coefficient (Wildman–Crippen LogP) is 1.88. The largest absolute Gasteiger partial charge is 0.285 e. The van der Waals surface area contributed by atoms with Gasteiger partial charge in [0.1, 0.15) is 5.82 Å². The number of hydrogen-bond acceptors (Lipinski definition) is 4. The fraction of sp³-hybridized carbons (Fsp3) is 0.111. The summed E-state index contributed by atoms with van der Waals surface area (Å²) in [4.78, 5) is 20.7. The molecule has 0 N–H and O–H groups in total. The van der Waals surface area contributed by atoms with Crippen LogP contribution in [0.3, 0.4) is 0 Å². The van der Waals surface area contributed by atoms with Crippen LogP contribution in [0.25, 0.3) is 0 Å². The number of halogens is 1. The summed E-state index contributed by atoms with van der Waals surface area (Å²) in [5.41, 5.74) is 0.685. The summed E-state index contributed by atoms with van der Waals surface area (Å²) >= 11 is 0.544. The van der Waals surface area contributed by atoms with Crippen LogP contribution in [-0.2, 0) is 16.0 Å². The van der Waals surface area contributed by atoms with Gasteiger partial charge in [-0.05, 0) is 17.7 Å². The average Bonchev–Trinajstić information content (AvgIpc) is 2.18. The van der Waals surface area contributed by atoms with Crippen molar-refractivity contribution in [2.24, 2.45) is 4.40 Å². The fourth-order valence-electron chi connectivity index (χ4n) is 0.871. The molecule has 0 spiro atoms. The average molecular weight is 211 g/mol. The third-order valence-electron chi connectivity index (χ3n) is 1.45. The lowest BCUT2D eigenvalue weighted by molar-refractivity contribution is -0.110. The highest BCUT2D eigenvalue weighted by Crippen LogP contribution is 2.10. The molecule has 0 aliphatic carbocycles. The van der Waals surface area contributed by atoms with E-state index in [2.05, 4.69) is 4.40 Å². The lowest BCUT2D eigenvalue weighted by Gasteiger charge is -1.96. The Balaban J connectivity index is 2.56. The molecule has 0 saturated heterocycles. The highest BCUT2D eigenvalue weighted by Gasteiger charge is 2.03. The number of carbonyl (C=O) groups excluding carboxylic acids is 2. The molecule has 0 bridgehead atoms. The predicted molar refractivity (Wildman–Crippen MR) is 50.8 cm³/mol. The smallest absolute Gasteiger partial charge is 0.247 e. The van der Waals surface area contributed by atoms with E-state index in [1.807, 2.05) is 0 Å². The summed E-state index contributed by atoms with van der Waals surface area (Å²) in [6, 6.07) is 5.57. The Morgan fingerprint density at radius 2 is 2.07 bits per heavy atom. The molecule has 1 aromatic carbocycles. The Hall–Kier alpha value is -1.45. The quantitative estimate of drug-likeness (QED) is 0.435. The number of nitrogens with zero attached hydrogens (tertiary/aromatic N) is 1. The molecule has 3 nitrogen and oxygen atoms in total. The molecule has 0 unspecified atom stereocenters. The van der Waals surface area contributed by atoms with Crippen molar-refractivity contribution in [1.29, 1.82) is 0 Å². The van der Waals surface area contributed by atoms with E-state index in [1.54, 1.807) is 0 Å². The summed E-state index contributed by atoms with van der Waals surface area (Å²) in [5.74, 6) is -0.347. The summed E-state index contributed by atoms with van der Waals surface area (Å²) in [6.07, 6.45) is 1.37. The molecular weight excluding hydrogens is 205 g/mol. The second-order valence-corrected chi connectivity index (χ2v) is 3.27. The Labute approximate surface area is 84.2 Å². The maximum Gasteiger partial charge on any atom is 0.247 e. The Morgan fingerprint density at radius 1 is 1.43 bits per heavy atom. The van der Waals surface area contributed by atoms with Crippen LogP contribution >= 0.6 is 11.9 Å². The summed E-state index contributed by atoms with van der Waals surface area (Å²) in [6.45, 7) is 0. The van der Waals surface area contributed by atoms with Gasteiger partial charge >= 0.3 is 0 Å². The molecule has 14 heavy (non-hydrogen) atoms. The van der Waals surface area contributed by atoms with Gasteiger partial charge in [-0.2, -0.15) is 0 Å². The van der Waals surface area contributed by atoms with E-state index in [1.165, 1.54) is 30.3 Å². The van der Waals surface area contributed by atoms with E-state index >= 15 is 0 Å². The van der Waals surface area contributed by atoms with E-state index in [0.29, 0.717) is 17.5 Å². The Morgan fingerprint density at radius 3 is 2.64 bits per heavy atom. The molecule has 0 aromatic heterocycles. The van der Waals surface area contributed by atoms with Gasteiger partial charge in [0.15, 0.2) is 0 Å². The maximum atomic E-state index is 12.5. The van der Waals surface area contributed by atoms with Gasteiger partial charge in [-0.3, -0.25) is 4.79 Å². The van der Waals surface area contributed by atoms with Crippen molar-refractivity contribution in [3.8, 4) is 0 Å². The third kappa shape index (κ3) is 3.51. The Kier molecular flexibility index (Phi) is 4.04. The summed E-state index contributed by atoms with van der Waals surface area (Å²) in [5, 5.41) is -0.278. The first kappa shape index (κ1) is 10.6. The van der Waals surface area contributed by atoms with Crippen molar-refractivity contribution in [1.82, 2.24) is 0 Å². The molecule has 0 amide bonds. The molecule has 0 atom stereocenters. The molecule has 0 fully saturated rings. The first-order chi connectivity index (χ1) is 6.72. The van der Waals surface area contributed by atoms with Crippen molar-refractivity contribution in [3.05, 3.63) is 35.6 Å². The van der Waals surface area contributed by atoms with E-state index < -0.39 is 0 Å². The van der Waals surface area contributed by atoms with Crippen LogP contribution in [-0.4, -0.2) is 11.2 Å². The van der Waals surface area contributed by atoms with E-state index in [-0.39, 0.29) is 17.4 Å². The third-order valence-corrected chi connectivity index (χ3v) is 1.96. The standard InChI is InChI=1S/C9H6FNO2S/c10-8-3-1-7(2-4-8)5-9(13)14-11-6-12/h1-4H,5H2.